The molecule has 2 aromatic heterocycles. The maximum Gasteiger partial charge on any atom is 0.326 e. The second-order valence-electron chi connectivity index (χ2n) is 5.38. The lowest BCUT2D eigenvalue weighted by Crippen LogP contribution is -2.15. The summed E-state index contributed by atoms with van der Waals surface area (Å²) in [6.07, 6.45) is 2.70. The normalized spacial score (nSPS) is 17.2. The molecule has 0 aliphatic heterocycles. The molecular weight excluding hydrogens is 373 g/mol. The summed E-state index contributed by atoms with van der Waals surface area (Å²) in [5, 5.41) is -2.04. The first-order valence-electron chi connectivity index (χ1n) is 6.87. The lowest BCUT2D eigenvalue weighted by Gasteiger charge is -2.40. The minimum atomic E-state index is -9.88. The van der Waals surface area contributed by atoms with Crippen molar-refractivity contribution in [3.63, 3.8) is 0 Å². The molecule has 0 bridgehead atoms. The molecule has 0 unspecified atom stereocenters. The van der Waals surface area contributed by atoms with Gasteiger partial charge in [-0.3, -0.25) is 4.79 Å². The maximum absolute atomic E-state index is 13.0. The van der Waals surface area contributed by atoms with Crippen molar-refractivity contribution in [1.82, 2.24) is 15.0 Å². The zero-order valence-electron chi connectivity index (χ0n) is 12.1. The molecule has 0 saturated heterocycles. The third-order valence-electron chi connectivity index (χ3n) is 3.50. The summed E-state index contributed by atoms with van der Waals surface area (Å²) < 4.78 is 65.2. The van der Waals surface area contributed by atoms with Crippen molar-refractivity contribution in [2.45, 2.75) is 35.2 Å². The second-order valence-corrected chi connectivity index (χ2v) is 8.66. The van der Waals surface area contributed by atoms with E-state index >= 15 is 0 Å². The molecule has 0 aromatic carbocycles. The average molecular weight is 385 g/mol. The number of aromatic amines is 1. The summed E-state index contributed by atoms with van der Waals surface area (Å²) in [6.45, 7) is 0. The van der Waals surface area contributed by atoms with E-state index in [1.54, 1.807) is 0 Å². The number of fused-ring (bicyclic) bond motifs is 1. The predicted octanol–water partition coefficient (Wildman–Crippen LogP) is 4.60. The van der Waals surface area contributed by atoms with Crippen molar-refractivity contribution in [2.75, 3.05) is 0 Å². The highest BCUT2D eigenvalue weighted by Crippen LogP contribution is 3.02. The molecule has 1 aliphatic carbocycles. The summed E-state index contributed by atoms with van der Waals surface area (Å²) in [6, 6.07) is 2.10. The highest BCUT2D eigenvalue weighted by molar-refractivity contribution is 8.45. The van der Waals surface area contributed by atoms with Gasteiger partial charge in [-0.25, -0.2) is 9.97 Å². The molecule has 4 nitrogen and oxygen atoms in total. The first-order valence-corrected chi connectivity index (χ1v) is 9.80. The SMILES string of the molecule is O=c1[nH]c(SCc2cccnc2S(F)(F)(F)(F)F)nc2c1CCC2. The van der Waals surface area contributed by atoms with Gasteiger partial charge < -0.3 is 4.98 Å². The number of halogens is 5. The van der Waals surface area contributed by atoms with E-state index < -0.39 is 26.6 Å². The van der Waals surface area contributed by atoms with Crippen molar-refractivity contribution in [1.29, 1.82) is 0 Å². The second kappa shape index (κ2) is 4.94. The molecule has 3 rings (SSSR count). The van der Waals surface area contributed by atoms with E-state index in [0.29, 0.717) is 30.3 Å². The highest BCUT2D eigenvalue weighted by atomic mass is 32.5. The van der Waals surface area contributed by atoms with Gasteiger partial charge >= 0.3 is 10.2 Å². The van der Waals surface area contributed by atoms with Crippen LogP contribution in [0.1, 0.15) is 23.2 Å². The number of nitrogens with zero attached hydrogens (tertiary/aromatic N) is 2. The van der Waals surface area contributed by atoms with Crippen molar-refractivity contribution in [2.24, 2.45) is 0 Å². The van der Waals surface area contributed by atoms with Crippen LogP contribution < -0.4 is 5.56 Å². The molecule has 24 heavy (non-hydrogen) atoms. The third-order valence-corrected chi connectivity index (χ3v) is 5.52. The Balaban J connectivity index is 1.90. The summed E-state index contributed by atoms with van der Waals surface area (Å²) >= 11 is 0.760. The van der Waals surface area contributed by atoms with E-state index in [1.165, 1.54) is 0 Å². The van der Waals surface area contributed by atoms with Crippen LogP contribution in [-0.2, 0) is 18.6 Å². The van der Waals surface area contributed by atoms with Crippen molar-refractivity contribution in [3.05, 3.63) is 45.5 Å². The summed E-state index contributed by atoms with van der Waals surface area (Å²) in [5.41, 5.74) is 0.206. The Morgan fingerprint density at radius 1 is 1.21 bits per heavy atom. The number of hydrogen-bond donors (Lipinski definition) is 1. The smallest absolute Gasteiger partial charge is 0.301 e. The zero-order chi connectivity index (χ0) is 17.7. The predicted molar refractivity (Wildman–Crippen MR) is 82.1 cm³/mol. The van der Waals surface area contributed by atoms with Gasteiger partial charge in [-0.1, -0.05) is 37.3 Å². The number of H-pyrrole nitrogens is 1. The van der Waals surface area contributed by atoms with E-state index in [-0.39, 0.29) is 10.7 Å². The van der Waals surface area contributed by atoms with E-state index in [9.17, 15) is 24.2 Å². The molecule has 0 spiro atoms. The number of hydrogen-bond acceptors (Lipinski definition) is 4. The van der Waals surface area contributed by atoms with Crippen molar-refractivity contribution < 1.29 is 19.4 Å². The number of nitrogens with one attached hydrogen (secondary N) is 1. The number of aryl methyl sites for hydroxylation is 1. The molecule has 132 valence electrons. The minimum Gasteiger partial charge on any atom is -0.301 e. The van der Waals surface area contributed by atoms with Crippen molar-refractivity contribution >= 4 is 22.0 Å². The summed E-state index contributed by atoms with van der Waals surface area (Å²) in [7, 11) is -9.88. The van der Waals surface area contributed by atoms with Gasteiger partial charge in [-0.15, -0.1) is 0 Å². The molecule has 0 radical (unpaired) electrons. The molecule has 0 fully saturated rings. The van der Waals surface area contributed by atoms with Crippen LogP contribution in [0.2, 0.25) is 0 Å². The van der Waals surface area contributed by atoms with Crippen LogP contribution in [0.5, 0.6) is 0 Å². The van der Waals surface area contributed by atoms with Crippen molar-refractivity contribution in [3.8, 4) is 0 Å². The fourth-order valence-electron chi connectivity index (χ4n) is 2.51. The summed E-state index contributed by atoms with van der Waals surface area (Å²) in [5.74, 6) is -0.434. The van der Waals surface area contributed by atoms with Gasteiger partial charge in [0.15, 0.2) is 10.2 Å². The number of pyridine rings is 1. The molecule has 2 heterocycles. The lowest BCUT2D eigenvalue weighted by atomic mass is 10.3. The average Bonchev–Trinajstić information content (AvgIpc) is 2.92. The van der Waals surface area contributed by atoms with Crippen LogP contribution in [0.25, 0.3) is 0 Å². The van der Waals surface area contributed by atoms with Crippen LogP contribution in [0.15, 0.2) is 33.3 Å². The minimum absolute atomic E-state index is 0.109. The largest absolute Gasteiger partial charge is 0.326 e. The zero-order valence-corrected chi connectivity index (χ0v) is 13.7. The first kappa shape index (κ1) is 17.2. The number of rotatable bonds is 4. The van der Waals surface area contributed by atoms with Crippen LogP contribution in [0.4, 0.5) is 19.4 Å². The first-order chi connectivity index (χ1) is 10.9. The van der Waals surface area contributed by atoms with Gasteiger partial charge in [0.25, 0.3) is 5.56 Å². The molecule has 0 atom stereocenters. The van der Waals surface area contributed by atoms with Gasteiger partial charge in [0.05, 0.1) is 5.69 Å². The van der Waals surface area contributed by atoms with Gasteiger partial charge in [0.2, 0.25) is 0 Å². The highest BCUT2D eigenvalue weighted by Gasteiger charge is 2.68. The lowest BCUT2D eigenvalue weighted by molar-refractivity contribution is 0.357. The molecule has 2 aromatic rings. The van der Waals surface area contributed by atoms with E-state index in [4.69, 9.17) is 0 Å². The Morgan fingerprint density at radius 2 is 1.96 bits per heavy atom. The molecule has 0 amide bonds. The maximum atomic E-state index is 13.0. The third kappa shape index (κ3) is 3.56. The van der Waals surface area contributed by atoms with Gasteiger partial charge in [-0.05, 0) is 25.3 Å². The van der Waals surface area contributed by atoms with Gasteiger partial charge in [0, 0.05) is 23.1 Å². The van der Waals surface area contributed by atoms with E-state index in [0.717, 1.165) is 30.3 Å². The van der Waals surface area contributed by atoms with E-state index in [1.807, 2.05) is 0 Å². The monoisotopic (exact) mass is 385 g/mol. The van der Waals surface area contributed by atoms with Crippen LogP contribution in [-0.4, -0.2) is 15.0 Å². The molecule has 1 aliphatic rings. The fraction of sp³-hybridized carbons (Fsp3) is 0.308. The van der Waals surface area contributed by atoms with Gasteiger partial charge in [-0.2, -0.15) is 0 Å². The Kier molecular flexibility index (Phi) is 3.55. The quantitative estimate of drug-likeness (QED) is 0.475. The molecular formula is C13H12F5N3OS2. The number of thioether (sulfide) groups is 1. The van der Waals surface area contributed by atoms with Crippen LogP contribution >= 0.6 is 22.0 Å². The molecule has 0 saturated carbocycles. The van der Waals surface area contributed by atoms with Crippen LogP contribution in [0.3, 0.4) is 0 Å². The van der Waals surface area contributed by atoms with Gasteiger partial charge in [0.1, 0.15) is 0 Å². The summed E-state index contributed by atoms with van der Waals surface area (Å²) in [4.78, 5) is 21.4. The Bertz CT molecular complexity index is 867. The Morgan fingerprint density at radius 3 is 2.67 bits per heavy atom. The number of aromatic nitrogens is 3. The fourth-order valence-corrected chi connectivity index (χ4v) is 4.37. The molecule has 1 N–H and O–H groups in total. The Hall–Kier alpha value is -1.62. The molecule has 11 heteroatoms. The van der Waals surface area contributed by atoms with Crippen LogP contribution in [0, 0.1) is 0 Å². The van der Waals surface area contributed by atoms with E-state index in [2.05, 4.69) is 15.0 Å². The standard InChI is InChI=1S/C13H12F5N3OS2/c14-24(15,16,17,18)12-8(3-2-6-19-12)7-23-13-20-10-5-1-4-9(10)11(22)21-13/h2-3,6H,1,4-5,7H2,(H,20,21,22). The topological polar surface area (TPSA) is 58.6 Å². The Labute approximate surface area is 137 Å².